The zero-order chi connectivity index (χ0) is 74.4. The van der Waals surface area contributed by atoms with E-state index in [9.17, 15) is 43.2 Å². The Morgan fingerprint density at radius 2 is 0.505 bits per heavy atom. The van der Waals surface area contributed by atoms with Gasteiger partial charge in [-0.15, -0.1) is 0 Å². The predicted octanol–water partition coefficient (Wildman–Crippen LogP) is 24.5. The van der Waals surface area contributed by atoms with Crippen LogP contribution in [-0.4, -0.2) is 96.7 Å². The molecule has 0 amide bonds. The maximum Gasteiger partial charge on any atom is 0.472 e. The Morgan fingerprint density at radius 1 is 0.287 bits per heavy atom. The van der Waals surface area contributed by atoms with Crippen molar-refractivity contribution in [3.63, 3.8) is 0 Å². The Balaban J connectivity index is 5.22. The Hall–Kier alpha value is -1.94. The normalized spacial score (nSPS) is 14.2. The van der Waals surface area contributed by atoms with Crippen LogP contribution in [0.5, 0.6) is 0 Å². The summed E-state index contributed by atoms with van der Waals surface area (Å²) >= 11 is 0. The minimum Gasteiger partial charge on any atom is -0.462 e. The number of rotatable bonds is 80. The van der Waals surface area contributed by atoms with Gasteiger partial charge >= 0.3 is 39.5 Å². The molecule has 600 valence electrons. The van der Waals surface area contributed by atoms with Crippen molar-refractivity contribution < 1.29 is 80.2 Å². The summed E-state index contributed by atoms with van der Waals surface area (Å²) < 4.78 is 68.7. The summed E-state index contributed by atoms with van der Waals surface area (Å²) in [5.41, 5.74) is 0. The average Bonchev–Trinajstić information content (AvgIpc) is 0.938. The summed E-state index contributed by atoms with van der Waals surface area (Å²) in [5.74, 6) is 0.174. The number of aliphatic hydroxyl groups excluding tert-OH is 1. The first-order chi connectivity index (χ1) is 48.8. The van der Waals surface area contributed by atoms with Gasteiger partial charge in [-0.2, -0.15) is 0 Å². The van der Waals surface area contributed by atoms with Crippen molar-refractivity contribution in [3.05, 3.63) is 0 Å². The summed E-state index contributed by atoms with van der Waals surface area (Å²) in [7, 11) is -9.92. The molecule has 0 heterocycles. The molecule has 0 radical (unpaired) electrons. The smallest absolute Gasteiger partial charge is 0.462 e. The highest BCUT2D eigenvalue weighted by Crippen LogP contribution is 2.45. The number of carbonyl (C=O) groups is 4. The van der Waals surface area contributed by atoms with E-state index in [1.54, 1.807) is 0 Å². The van der Waals surface area contributed by atoms with E-state index in [1.165, 1.54) is 231 Å². The van der Waals surface area contributed by atoms with Crippen LogP contribution >= 0.6 is 15.6 Å². The molecule has 0 aromatic carbocycles. The third kappa shape index (κ3) is 74.7. The van der Waals surface area contributed by atoms with Gasteiger partial charge < -0.3 is 33.8 Å². The highest BCUT2D eigenvalue weighted by Gasteiger charge is 2.30. The number of phosphoric ester groups is 2. The number of hydrogen-bond acceptors (Lipinski definition) is 15. The van der Waals surface area contributed by atoms with Crippen molar-refractivity contribution in [1.82, 2.24) is 0 Å². The fraction of sp³-hybridized carbons (Fsp3) is 0.951. The van der Waals surface area contributed by atoms with Gasteiger partial charge in [0.2, 0.25) is 0 Å². The molecule has 0 saturated heterocycles. The SMILES string of the molecule is CCCCCCCCCCCCCCCCCCCCCCC(=O)O[C@H](COC(=O)CCCCCCCCCCCCCCCCCCC(C)C)COP(=O)(O)OC[C@@H](O)COP(=O)(O)OC[C@@H](COC(=O)CCCCCCCCCC(C)C)OC(=O)CCCCCCCCCCC(C)CC. The Bertz CT molecular complexity index is 1960. The molecule has 3 N–H and O–H groups in total. The summed E-state index contributed by atoms with van der Waals surface area (Å²) in [6.07, 6.45) is 61.2. The number of ether oxygens (including phenoxy) is 4. The summed E-state index contributed by atoms with van der Waals surface area (Å²) in [5, 5.41) is 10.6. The lowest BCUT2D eigenvalue weighted by atomic mass is 9.99. The Labute approximate surface area is 619 Å². The van der Waals surface area contributed by atoms with Crippen molar-refractivity contribution in [3.8, 4) is 0 Å². The number of carbonyl (C=O) groups excluding carboxylic acids is 4. The predicted molar refractivity (Wildman–Crippen MR) is 414 cm³/mol. The number of phosphoric acid groups is 2. The van der Waals surface area contributed by atoms with Gasteiger partial charge in [0.05, 0.1) is 26.4 Å². The van der Waals surface area contributed by atoms with E-state index >= 15 is 0 Å². The van der Waals surface area contributed by atoms with E-state index in [0.717, 1.165) is 108 Å². The number of esters is 4. The third-order valence-corrected chi connectivity index (χ3v) is 21.4. The lowest BCUT2D eigenvalue weighted by Crippen LogP contribution is -2.30. The zero-order valence-electron chi connectivity index (χ0n) is 66.4. The van der Waals surface area contributed by atoms with Crippen molar-refractivity contribution in [2.24, 2.45) is 17.8 Å². The summed E-state index contributed by atoms with van der Waals surface area (Å²) in [6.45, 7) is 11.9. The van der Waals surface area contributed by atoms with E-state index in [2.05, 4.69) is 48.5 Å². The highest BCUT2D eigenvalue weighted by atomic mass is 31.2. The van der Waals surface area contributed by atoms with Gasteiger partial charge in [0.1, 0.15) is 19.3 Å². The second-order valence-electron chi connectivity index (χ2n) is 30.7. The van der Waals surface area contributed by atoms with Crippen LogP contribution in [0.3, 0.4) is 0 Å². The molecule has 0 aromatic rings. The first-order valence-electron chi connectivity index (χ1n) is 42.4. The van der Waals surface area contributed by atoms with Gasteiger partial charge in [-0.05, 0) is 43.4 Å². The van der Waals surface area contributed by atoms with Crippen LogP contribution < -0.4 is 0 Å². The number of unbranched alkanes of at least 4 members (excludes halogenated alkanes) is 47. The molecule has 0 rings (SSSR count). The van der Waals surface area contributed by atoms with Crippen LogP contribution in [0.25, 0.3) is 0 Å². The molecule has 0 aromatic heterocycles. The monoisotopic (exact) mass is 1480 g/mol. The molecule has 19 heteroatoms. The molecular weight excluding hydrogens is 1320 g/mol. The molecule has 6 atom stereocenters. The molecule has 0 saturated carbocycles. The van der Waals surface area contributed by atoms with Crippen LogP contribution in [0.4, 0.5) is 0 Å². The number of hydrogen-bond donors (Lipinski definition) is 3. The molecular formula is C82H160O17P2. The zero-order valence-corrected chi connectivity index (χ0v) is 68.2. The van der Waals surface area contributed by atoms with Crippen LogP contribution in [0, 0.1) is 17.8 Å². The molecule has 0 aliphatic heterocycles. The fourth-order valence-corrected chi connectivity index (χ4v) is 14.2. The van der Waals surface area contributed by atoms with Crippen molar-refractivity contribution >= 4 is 39.5 Å². The summed E-state index contributed by atoms with van der Waals surface area (Å²) in [4.78, 5) is 73.0. The van der Waals surface area contributed by atoms with E-state index in [1.807, 2.05) is 0 Å². The second kappa shape index (κ2) is 72.3. The van der Waals surface area contributed by atoms with E-state index < -0.39 is 97.5 Å². The quantitative estimate of drug-likeness (QED) is 0.0222. The average molecular weight is 1480 g/mol. The second-order valence-corrected chi connectivity index (χ2v) is 33.6. The minimum atomic E-state index is -4.96. The van der Waals surface area contributed by atoms with Crippen LogP contribution in [-0.2, 0) is 65.4 Å². The van der Waals surface area contributed by atoms with Gasteiger partial charge in [0.25, 0.3) is 0 Å². The molecule has 101 heavy (non-hydrogen) atoms. The fourth-order valence-electron chi connectivity index (χ4n) is 12.6. The molecule has 0 spiro atoms. The molecule has 0 bridgehead atoms. The largest absolute Gasteiger partial charge is 0.472 e. The van der Waals surface area contributed by atoms with E-state index in [-0.39, 0.29) is 25.7 Å². The Kier molecular flexibility index (Phi) is 70.9. The van der Waals surface area contributed by atoms with Crippen LogP contribution in [0.2, 0.25) is 0 Å². The Morgan fingerprint density at radius 3 is 0.752 bits per heavy atom. The third-order valence-electron chi connectivity index (χ3n) is 19.5. The van der Waals surface area contributed by atoms with Crippen molar-refractivity contribution in [1.29, 1.82) is 0 Å². The first kappa shape index (κ1) is 99.1. The molecule has 0 aliphatic carbocycles. The minimum absolute atomic E-state index is 0.104. The lowest BCUT2D eigenvalue weighted by Gasteiger charge is -2.21. The van der Waals surface area contributed by atoms with Crippen molar-refractivity contribution in [2.75, 3.05) is 39.6 Å². The molecule has 3 unspecified atom stereocenters. The standard InChI is InChI=1S/C82H160O17P2/c1-8-10-11-12-13-14-15-16-17-18-19-20-21-26-29-32-35-43-51-58-65-81(86)98-77(69-92-79(84)63-56-49-42-34-31-28-25-23-22-24-27-30-33-39-46-53-60-73(3)4)71-96-100(88,89)94-67-76(83)68-95-101(90,91)97-72-78(70-93-80(85)64-57-50-45-38-40-47-54-61-74(5)6)99-82(87)66-59-52-44-37-36-41-48-55-62-75(7)9-2/h73-78,83H,8-72H2,1-7H3,(H,88,89)(H,90,91)/t75?,76-,77-,78-/m1/s1. The van der Waals surface area contributed by atoms with Crippen LogP contribution in [0.15, 0.2) is 0 Å². The number of aliphatic hydroxyl groups is 1. The topological polar surface area (TPSA) is 237 Å². The van der Waals surface area contributed by atoms with Gasteiger partial charge in [-0.25, -0.2) is 9.13 Å². The van der Waals surface area contributed by atoms with Gasteiger partial charge in [0, 0.05) is 25.7 Å². The van der Waals surface area contributed by atoms with Gasteiger partial charge in [-0.1, -0.05) is 376 Å². The van der Waals surface area contributed by atoms with Gasteiger partial charge in [-0.3, -0.25) is 37.3 Å². The molecule has 0 aliphatic rings. The lowest BCUT2D eigenvalue weighted by molar-refractivity contribution is -0.161. The summed E-state index contributed by atoms with van der Waals surface area (Å²) in [6, 6.07) is 0. The molecule has 0 fully saturated rings. The van der Waals surface area contributed by atoms with E-state index in [4.69, 9.17) is 37.0 Å². The molecule has 17 nitrogen and oxygen atoms in total. The maximum absolute atomic E-state index is 13.1. The maximum atomic E-state index is 13.1. The highest BCUT2D eigenvalue weighted by molar-refractivity contribution is 7.47. The first-order valence-corrected chi connectivity index (χ1v) is 45.4. The van der Waals surface area contributed by atoms with Gasteiger partial charge in [0.15, 0.2) is 12.2 Å². The van der Waals surface area contributed by atoms with E-state index in [0.29, 0.717) is 31.6 Å². The van der Waals surface area contributed by atoms with Crippen LogP contribution in [0.1, 0.15) is 427 Å². The van der Waals surface area contributed by atoms with Crippen molar-refractivity contribution in [2.45, 2.75) is 446 Å².